The van der Waals surface area contributed by atoms with Gasteiger partial charge in [-0.3, -0.25) is 4.79 Å². The topological polar surface area (TPSA) is 74.0 Å². The molecule has 0 aliphatic carbocycles. The van der Waals surface area contributed by atoms with E-state index in [9.17, 15) is 13.6 Å². The Balaban J connectivity index is 3.34. The molecule has 0 atom stereocenters. The number of halogens is 3. The molecule has 0 bridgehead atoms. The summed E-state index contributed by atoms with van der Waals surface area (Å²) < 4.78 is 25.2. The highest BCUT2D eigenvalue weighted by Crippen LogP contribution is 2.24. The largest absolute Gasteiger partial charge is 0.481 e. The first-order chi connectivity index (χ1) is 7.99. The summed E-state index contributed by atoms with van der Waals surface area (Å²) in [5, 5.41) is 17.6. The van der Waals surface area contributed by atoms with Gasteiger partial charge in [0.05, 0.1) is 17.7 Å². The quantitative estimate of drug-likeness (QED) is 0.867. The summed E-state index contributed by atoms with van der Waals surface area (Å²) in [5.41, 5.74) is -0.436. The van der Waals surface area contributed by atoms with Crippen LogP contribution in [0.15, 0.2) is 6.07 Å². The molecule has 0 fully saturated rings. The van der Waals surface area contributed by atoms with Gasteiger partial charge < -0.3 is 5.11 Å². The van der Waals surface area contributed by atoms with Gasteiger partial charge in [-0.1, -0.05) is 15.9 Å². The second-order valence-electron chi connectivity index (χ2n) is 3.14. The van der Waals surface area contributed by atoms with Crippen molar-refractivity contribution in [1.82, 2.24) is 4.98 Å². The van der Waals surface area contributed by atoms with Crippen LogP contribution in [-0.2, 0) is 16.5 Å². The highest BCUT2D eigenvalue weighted by molar-refractivity contribution is 9.08. The summed E-state index contributed by atoms with van der Waals surface area (Å²) in [7, 11) is 0. The van der Waals surface area contributed by atoms with Gasteiger partial charge >= 0.3 is 5.97 Å². The van der Waals surface area contributed by atoms with Gasteiger partial charge in [-0.15, -0.1) is 0 Å². The predicted octanol–water partition coefficient (Wildman–Crippen LogP) is 2.41. The fourth-order valence-corrected chi connectivity index (χ4v) is 1.76. The molecule has 1 N–H and O–H groups in total. The van der Waals surface area contributed by atoms with E-state index >= 15 is 0 Å². The maximum Gasteiger partial charge on any atom is 0.309 e. The molecule has 0 aliphatic rings. The lowest BCUT2D eigenvalue weighted by Crippen LogP contribution is -2.09. The maximum atomic E-state index is 12.6. The van der Waals surface area contributed by atoms with Crippen LogP contribution in [0.5, 0.6) is 0 Å². The molecule has 1 heterocycles. The van der Waals surface area contributed by atoms with Crippen LogP contribution in [0.4, 0.5) is 8.78 Å². The SMILES string of the molecule is N#Cc1cc(CBr)c(CC(=O)O)nc1C(F)F. The Hall–Kier alpha value is -1.55. The van der Waals surface area contributed by atoms with Crippen molar-refractivity contribution in [3.8, 4) is 6.07 Å². The molecule has 0 amide bonds. The molecular formula is C10H7BrF2N2O2. The third-order valence-corrected chi connectivity index (χ3v) is 2.61. The van der Waals surface area contributed by atoms with Crippen LogP contribution in [0.3, 0.4) is 0 Å². The van der Waals surface area contributed by atoms with Gasteiger partial charge in [0.1, 0.15) is 11.8 Å². The minimum atomic E-state index is -2.90. The summed E-state index contributed by atoms with van der Waals surface area (Å²) in [4.78, 5) is 14.1. The van der Waals surface area contributed by atoms with E-state index in [1.54, 1.807) is 6.07 Å². The molecule has 4 nitrogen and oxygen atoms in total. The van der Waals surface area contributed by atoms with Crippen molar-refractivity contribution in [2.75, 3.05) is 0 Å². The number of hydrogen-bond acceptors (Lipinski definition) is 3. The third kappa shape index (κ3) is 3.20. The maximum absolute atomic E-state index is 12.6. The van der Waals surface area contributed by atoms with Crippen LogP contribution in [0, 0.1) is 11.3 Å². The van der Waals surface area contributed by atoms with Crippen LogP contribution in [-0.4, -0.2) is 16.1 Å². The minimum absolute atomic E-state index is 0.0451. The number of hydrogen-bond donors (Lipinski definition) is 1. The number of rotatable bonds is 4. The first-order valence-electron chi connectivity index (χ1n) is 4.48. The van der Waals surface area contributed by atoms with Gasteiger partial charge in [0.25, 0.3) is 6.43 Å². The zero-order chi connectivity index (χ0) is 13.0. The lowest BCUT2D eigenvalue weighted by atomic mass is 10.1. The van der Waals surface area contributed by atoms with E-state index in [0.717, 1.165) is 0 Å². The van der Waals surface area contributed by atoms with Crippen molar-refractivity contribution in [2.24, 2.45) is 0 Å². The summed E-state index contributed by atoms with van der Waals surface area (Å²) in [5.74, 6) is -1.16. The molecule has 0 aromatic carbocycles. The highest BCUT2D eigenvalue weighted by Gasteiger charge is 2.19. The number of pyridine rings is 1. The molecule has 1 aromatic rings. The lowest BCUT2D eigenvalue weighted by Gasteiger charge is -2.09. The summed E-state index contributed by atoms with van der Waals surface area (Å²) in [6.45, 7) is 0. The Morgan fingerprint density at radius 1 is 1.65 bits per heavy atom. The average molecular weight is 305 g/mol. The Morgan fingerprint density at radius 2 is 2.29 bits per heavy atom. The molecule has 0 aliphatic heterocycles. The van der Waals surface area contributed by atoms with E-state index in [1.165, 1.54) is 6.07 Å². The van der Waals surface area contributed by atoms with Crippen LogP contribution >= 0.6 is 15.9 Å². The fraction of sp³-hybridized carbons (Fsp3) is 0.300. The van der Waals surface area contributed by atoms with Crippen molar-refractivity contribution in [2.45, 2.75) is 18.2 Å². The molecular weight excluding hydrogens is 298 g/mol. The highest BCUT2D eigenvalue weighted by atomic mass is 79.9. The standard InChI is InChI=1S/C10H7BrF2N2O2/c11-3-5-1-6(4-14)9(10(12)13)15-7(5)2-8(16)17/h1,10H,2-3H2,(H,16,17). The normalized spacial score (nSPS) is 10.3. The Bertz CT molecular complexity index is 486. The van der Waals surface area contributed by atoms with Gasteiger partial charge in [-0.25, -0.2) is 13.8 Å². The Kier molecular flexibility index (Phi) is 4.52. The lowest BCUT2D eigenvalue weighted by molar-refractivity contribution is -0.136. The monoisotopic (exact) mass is 304 g/mol. The number of aliphatic carboxylic acids is 1. The second-order valence-corrected chi connectivity index (χ2v) is 3.70. The van der Waals surface area contributed by atoms with E-state index in [4.69, 9.17) is 10.4 Å². The number of carboxylic acid groups (broad SMARTS) is 1. The molecule has 0 spiro atoms. The second kappa shape index (κ2) is 5.68. The molecule has 0 saturated heterocycles. The summed E-state index contributed by atoms with van der Waals surface area (Å²) in [6.07, 6.45) is -3.35. The molecule has 90 valence electrons. The Morgan fingerprint density at radius 3 is 2.71 bits per heavy atom. The first kappa shape index (κ1) is 13.5. The molecule has 0 saturated carbocycles. The predicted molar refractivity (Wildman–Crippen MR) is 57.9 cm³/mol. The minimum Gasteiger partial charge on any atom is -0.481 e. The Labute approximate surface area is 104 Å². The zero-order valence-electron chi connectivity index (χ0n) is 8.45. The molecule has 17 heavy (non-hydrogen) atoms. The van der Waals surface area contributed by atoms with Gasteiger partial charge in [0.2, 0.25) is 0 Å². The van der Waals surface area contributed by atoms with E-state index < -0.39 is 24.5 Å². The molecule has 0 radical (unpaired) electrons. The number of carbonyl (C=O) groups is 1. The summed E-state index contributed by atoms with van der Waals surface area (Å²) >= 11 is 3.09. The number of nitrogens with zero attached hydrogens (tertiary/aromatic N) is 2. The van der Waals surface area contributed by atoms with E-state index in [-0.39, 0.29) is 16.6 Å². The van der Waals surface area contributed by atoms with Crippen LogP contribution in [0.25, 0.3) is 0 Å². The molecule has 1 aromatic heterocycles. The van der Waals surface area contributed by atoms with E-state index in [0.29, 0.717) is 5.56 Å². The molecule has 0 unspecified atom stereocenters. The van der Waals surface area contributed by atoms with Crippen molar-refractivity contribution in [3.05, 3.63) is 28.6 Å². The van der Waals surface area contributed by atoms with Gasteiger partial charge in [0.15, 0.2) is 0 Å². The molecule has 1 rings (SSSR count). The number of alkyl halides is 3. The van der Waals surface area contributed by atoms with Crippen LogP contribution in [0.2, 0.25) is 0 Å². The summed E-state index contributed by atoms with van der Waals surface area (Å²) in [6, 6.07) is 2.86. The van der Waals surface area contributed by atoms with Gasteiger partial charge in [0, 0.05) is 5.33 Å². The van der Waals surface area contributed by atoms with E-state index in [1.807, 2.05) is 0 Å². The van der Waals surface area contributed by atoms with Crippen molar-refractivity contribution in [3.63, 3.8) is 0 Å². The van der Waals surface area contributed by atoms with Crippen LogP contribution < -0.4 is 0 Å². The van der Waals surface area contributed by atoms with Crippen molar-refractivity contribution < 1.29 is 18.7 Å². The number of carboxylic acids is 1. The van der Waals surface area contributed by atoms with Crippen molar-refractivity contribution >= 4 is 21.9 Å². The third-order valence-electron chi connectivity index (χ3n) is 2.01. The van der Waals surface area contributed by atoms with Gasteiger partial charge in [-0.05, 0) is 11.6 Å². The molecule has 7 heteroatoms. The van der Waals surface area contributed by atoms with Crippen molar-refractivity contribution in [1.29, 1.82) is 5.26 Å². The average Bonchev–Trinajstić information content (AvgIpc) is 2.27. The first-order valence-corrected chi connectivity index (χ1v) is 5.60. The number of nitriles is 1. The smallest absolute Gasteiger partial charge is 0.309 e. The van der Waals surface area contributed by atoms with Gasteiger partial charge in [-0.2, -0.15) is 5.26 Å². The van der Waals surface area contributed by atoms with E-state index in [2.05, 4.69) is 20.9 Å². The zero-order valence-corrected chi connectivity index (χ0v) is 10.0. The fourth-order valence-electron chi connectivity index (χ4n) is 1.28. The van der Waals surface area contributed by atoms with Crippen LogP contribution in [0.1, 0.15) is 28.9 Å². The number of aromatic nitrogens is 1.